The van der Waals surface area contributed by atoms with Gasteiger partial charge in [-0.2, -0.15) is 0 Å². The van der Waals surface area contributed by atoms with E-state index in [-0.39, 0.29) is 5.11 Å². The molecule has 0 saturated heterocycles. The molecule has 4 nitrogen and oxygen atoms in total. The second kappa shape index (κ2) is 8.06. The van der Waals surface area contributed by atoms with Gasteiger partial charge in [0, 0.05) is 16.8 Å². The summed E-state index contributed by atoms with van der Waals surface area (Å²) >= 11 is 6.89. The molecular weight excluding hydrogens is 405 g/mol. The Kier molecular flexibility index (Phi) is 5.33. The molecule has 0 radical (unpaired) electrons. The lowest BCUT2D eigenvalue weighted by Gasteiger charge is -2.12. The zero-order valence-electron chi connectivity index (χ0n) is 15.4. The van der Waals surface area contributed by atoms with E-state index in [2.05, 4.69) is 21.7 Å². The summed E-state index contributed by atoms with van der Waals surface area (Å²) in [5, 5.41) is 6.77. The lowest BCUT2D eigenvalue weighted by atomic mass is 10.1. The van der Waals surface area contributed by atoms with E-state index in [0.717, 1.165) is 32.0 Å². The topological polar surface area (TPSA) is 54.0 Å². The lowest BCUT2D eigenvalue weighted by Crippen LogP contribution is -2.34. The monoisotopic (exact) mass is 421 g/mol. The van der Waals surface area contributed by atoms with Crippen LogP contribution in [0, 0.1) is 12.7 Å². The van der Waals surface area contributed by atoms with Crippen LogP contribution in [0.5, 0.6) is 0 Å². The predicted molar refractivity (Wildman–Crippen MR) is 120 cm³/mol. The Labute approximate surface area is 176 Å². The predicted octanol–water partition coefficient (Wildman–Crippen LogP) is 5.54. The number of amides is 1. The molecule has 0 aliphatic heterocycles. The van der Waals surface area contributed by atoms with E-state index in [0.29, 0.717) is 5.56 Å². The van der Waals surface area contributed by atoms with Gasteiger partial charge in [-0.25, -0.2) is 9.37 Å². The normalized spacial score (nSPS) is 10.7. The van der Waals surface area contributed by atoms with Crippen molar-refractivity contribution in [2.75, 3.05) is 5.32 Å². The molecule has 1 aromatic heterocycles. The number of nitrogens with one attached hydrogen (secondary N) is 2. The fraction of sp³-hybridized carbons (Fsp3) is 0.0455. The molecule has 0 fully saturated rings. The summed E-state index contributed by atoms with van der Waals surface area (Å²) in [4.78, 5) is 16.9. The van der Waals surface area contributed by atoms with Crippen LogP contribution in [0.2, 0.25) is 0 Å². The van der Waals surface area contributed by atoms with Crippen molar-refractivity contribution in [2.24, 2.45) is 0 Å². The lowest BCUT2D eigenvalue weighted by molar-refractivity contribution is 0.0977. The van der Waals surface area contributed by atoms with Crippen LogP contribution in [-0.4, -0.2) is 16.0 Å². The van der Waals surface area contributed by atoms with Crippen molar-refractivity contribution < 1.29 is 9.18 Å². The highest BCUT2D eigenvalue weighted by Crippen LogP contribution is 2.31. The molecule has 0 spiro atoms. The Hall–Kier alpha value is -3.16. The number of para-hydroxylation sites is 1. The Bertz CT molecular complexity index is 1190. The zero-order chi connectivity index (χ0) is 20.4. The molecule has 0 unspecified atom stereocenters. The first-order valence-electron chi connectivity index (χ1n) is 8.84. The molecule has 0 aliphatic rings. The summed E-state index contributed by atoms with van der Waals surface area (Å²) in [6, 6.07) is 19.2. The number of hydrogen-bond acceptors (Lipinski definition) is 4. The molecule has 144 valence electrons. The number of nitrogens with zero attached hydrogens (tertiary/aromatic N) is 1. The summed E-state index contributed by atoms with van der Waals surface area (Å²) in [5.74, 6) is -0.794. The number of aryl methyl sites for hydroxylation is 1. The molecule has 1 heterocycles. The molecule has 4 rings (SSSR count). The van der Waals surface area contributed by atoms with Crippen molar-refractivity contribution in [2.45, 2.75) is 6.92 Å². The number of hydrogen-bond donors (Lipinski definition) is 2. The summed E-state index contributed by atoms with van der Waals surface area (Å²) in [7, 11) is 0. The van der Waals surface area contributed by atoms with Gasteiger partial charge in [0.15, 0.2) is 5.11 Å². The molecule has 7 heteroatoms. The molecule has 0 saturated carbocycles. The summed E-state index contributed by atoms with van der Waals surface area (Å²) in [5.41, 5.74) is 4.10. The molecule has 1 amide bonds. The van der Waals surface area contributed by atoms with E-state index in [1.807, 2.05) is 43.3 Å². The van der Waals surface area contributed by atoms with Crippen LogP contribution in [0.4, 0.5) is 10.1 Å². The number of benzene rings is 3. The van der Waals surface area contributed by atoms with Crippen molar-refractivity contribution in [3.8, 4) is 10.6 Å². The van der Waals surface area contributed by atoms with E-state index >= 15 is 0 Å². The third kappa shape index (κ3) is 4.31. The van der Waals surface area contributed by atoms with Crippen molar-refractivity contribution in [1.82, 2.24) is 10.3 Å². The van der Waals surface area contributed by atoms with Gasteiger partial charge < -0.3 is 5.32 Å². The average molecular weight is 422 g/mol. The van der Waals surface area contributed by atoms with Crippen molar-refractivity contribution in [1.29, 1.82) is 0 Å². The number of thiazole rings is 1. The summed E-state index contributed by atoms with van der Waals surface area (Å²) < 4.78 is 14.1. The smallest absolute Gasteiger partial charge is 0.257 e. The largest absolute Gasteiger partial charge is 0.332 e. The van der Waals surface area contributed by atoms with Gasteiger partial charge in [-0.1, -0.05) is 12.1 Å². The molecule has 2 N–H and O–H groups in total. The molecule has 0 bridgehead atoms. The van der Waals surface area contributed by atoms with Gasteiger partial charge >= 0.3 is 0 Å². The van der Waals surface area contributed by atoms with Gasteiger partial charge in [0.2, 0.25) is 0 Å². The highest BCUT2D eigenvalue weighted by Gasteiger charge is 2.11. The Balaban J connectivity index is 1.47. The first-order valence-corrected chi connectivity index (χ1v) is 10.1. The number of anilines is 1. The maximum absolute atomic E-state index is 13.0. The molecule has 4 aromatic rings. The Morgan fingerprint density at radius 3 is 2.55 bits per heavy atom. The number of carbonyl (C=O) groups is 1. The van der Waals surface area contributed by atoms with Crippen LogP contribution in [0.1, 0.15) is 15.9 Å². The van der Waals surface area contributed by atoms with Gasteiger partial charge in [-0.05, 0) is 79.3 Å². The second-order valence-electron chi connectivity index (χ2n) is 6.43. The highest BCUT2D eigenvalue weighted by molar-refractivity contribution is 7.80. The fourth-order valence-electron chi connectivity index (χ4n) is 2.86. The van der Waals surface area contributed by atoms with Gasteiger partial charge in [0.1, 0.15) is 10.8 Å². The third-order valence-corrected chi connectivity index (χ3v) is 5.64. The minimum atomic E-state index is -0.397. The van der Waals surface area contributed by atoms with Gasteiger partial charge in [-0.3, -0.25) is 10.1 Å². The first kappa shape index (κ1) is 19.2. The Morgan fingerprint density at radius 1 is 1.07 bits per heavy atom. The first-order chi connectivity index (χ1) is 14.0. The van der Waals surface area contributed by atoms with E-state index in [1.165, 1.54) is 24.3 Å². The molecule has 29 heavy (non-hydrogen) atoms. The molecule has 3 aromatic carbocycles. The van der Waals surface area contributed by atoms with E-state index in [4.69, 9.17) is 12.2 Å². The van der Waals surface area contributed by atoms with Crippen LogP contribution in [-0.2, 0) is 0 Å². The average Bonchev–Trinajstić information content (AvgIpc) is 3.14. The van der Waals surface area contributed by atoms with E-state index < -0.39 is 11.7 Å². The fourth-order valence-corrected chi connectivity index (χ4v) is 4.03. The van der Waals surface area contributed by atoms with Gasteiger partial charge in [0.05, 0.1) is 10.2 Å². The van der Waals surface area contributed by atoms with Crippen molar-refractivity contribution >= 4 is 50.5 Å². The zero-order valence-corrected chi connectivity index (χ0v) is 17.0. The molecule has 0 aliphatic carbocycles. The number of rotatable bonds is 3. The summed E-state index contributed by atoms with van der Waals surface area (Å²) in [6.07, 6.45) is 0. The van der Waals surface area contributed by atoms with Crippen LogP contribution in [0.3, 0.4) is 0 Å². The number of aromatic nitrogens is 1. The SMILES string of the molecule is Cc1cc(-c2nc3ccccc3s2)ccc1NC(=S)NC(=O)c1ccc(F)cc1. The quantitative estimate of drug-likeness (QED) is 0.427. The number of halogens is 1. The Morgan fingerprint density at radius 2 is 1.83 bits per heavy atom. The minimum Gasteiger partial charge on any atom is -0.332 e. The highest BCUT2D eigenvalue weighted by atomic mass is 32.1. The standard InChI is InChI=1S/C22H16FN3OS2/c1-13-12-15(21-24-18-4-2-3-5-19(18)29-21)8-11-17(13)25-22(28)26-20(27)14-6-9-16(23)10-7-14/h2-12H,1H3,(H2,25,26,27,28). The number of carbonyl (C=O) groups excluding carboxylic acids is 1. The van der Waals surface area contributed by atoms with Crippen LogP contribution in [0.15, 0.2) is 66.7 Å². The van der Waals surface area contributed by atoms with Gasteiger partial charge in [0.25, 0.3) is 5.91 Å². The number of thiocarbonyl (C=S) groups is 1. The van der Waals surface area contributed by atoms with E-state index in [1.54, 1.807) is 11.3 Å². The second-order valence-corrected chi connectivity index (χ2v) is 7.87. The van der Waals surface area contributed by atoms with Crippen LogP contribution >= 0.6 is 23.6 Å². The van der Waals surface area contributed by atoms with Crippen molar-refractivity contribution in [3.05, 3.63) is 83.7 Å². The molecule has 0 atom stereocenters. The van der Waals surface area contributed by atoms with Crippen LogP contribution in [0.25, 0.3) is 20.8 Å². The maximum Gasteiger partial charge on any atom is 0.257 e. The maximum atomic E-state index is 13.0. The van der Waals surface area contributed by atoms with Crippen molar-refractivity contribution in [3.63, 3.8) is 0 Å². The van der Waals surface area contributed by atoms with Gasteiger partial charge in [-0.15, -0.1) is 11.3 Å². The third-order valence-electron chi connectivity index (χ3n) is 4.35. The minimum absolute atomic E-state index is 0.176. The van der Waals surface area contributed by atoms with E-state index in [9.17, 15) is 9.18 Å². The molecular formula is C22H16FN3OS2. The summed E-state index contributed by atoms with van der Waals surface area (Å²) in [6.45, 7) is 1.96. The number of fused-ring (bicyclic) bond motifs is 1. The van der Waals surface area contributed by atoms with Crippen LogP contribution < -0.4 is 10.6 Å².